The Balaban J connectivity index is 1.45. The van der Waals surface area contributed by atoms with E-state index in [0.717, 1.165) is 19.3 Å². The maximum atomic E-state index is 13.7. The summed E-state index contributed by atoms with van der Waals surface area (Å²) in [4.78, 5) is 17.1. The van der Waals surface area contributed by atoms with Crippen LogP contribution in [0.1, 0.15) is 110 Å². The van der Waals surface area contributed by atoms with Gasteiger partial charge in [0.25, 0.3) is 10.0 Å². The molecule has 2 aromatic carbocycles. The summed E-state index contributed by atoms with van der Waals surface area (Å²) in [5.74, 6) is 0.269. The van der Waals surface area contributed by atoms with Crippen molar-refractivity contribution in [2.45, 2.75) is 119 Å². The number of ether oxygens (including phenoxy) is 1. The Morgan fingerprint density at radius 3 is 1.91 bits per heavy atom. The van der Waals surface area contributed by atoms with Gasteiger partial charge in [-0.2, -0.15) is 0 Å². The van der Waals surface area contributed by atoms with E-state index in [9.17, 15) is 13.2 Å². The number of carbonyl (C=O) groups is 1. The van der Waals surface area contributed by atoms with Gasteiger partial charge in [0.15, 0.2) is 4.83 Å². The molecule has 1 aliphatic heterocycles. The van der Waals surface area contributed by atoms with Crippen LogP contribution in [-0.4, -0.2) is 42.9 Å². The van der Waals surface area contributed by atoms with Crippen molar-refractivity contribution in [2.24, 2.45) is 4.99 Å². The summed E-state index contributed by atoms with van der Waals surface area (Å²) >= 11 is 3.45. The first-order valence-corrected chi connectivity index (χ1v) is 18.5. The molecule has 238 valence electrons. The predicted molar refractivity (Wildman–Crippen MR) is 181 cm³/mol. The minimum Gasteiger partial charge on any atom is -0.495 e. The van der Waals surface area contributed by atoms with Crippen LogP contribution in [0.4, 0.5) is 11.4 Å². The summed E-state index contributed by atoms with van der Waals surface area (Å²) in [5, 5.41) is 2.84. The average molecular weight is 677 g/mol. The Labute approximate surface area is 268 Å². The maximum Gasteiger partial charge on any atom is 0.267 e. The fourth-order valence-corrected chi connectivity index (χ4v) is 7.70. The van der Waals surface area contributed by atoms with Crippen LogP contribution in [0.15, 0.2) is 58.4 Å². The number of benzene rings is 2. The molecule has 9 heteroatoms. The van der Waals surface area contributed by atoms with Gasteiger partial charge < -0.3 is 10.1 Å². The van der Waals surface area contributed by atoms with Gasteiger partial charge in [0, 0.05) is 6.54 Å². The number of amides is 1. The number of nitrogens with one attached hydrogen (secondary N) is 1. The van der Waals surface area contributed by atoms with Crippen LogP contribution >= 0.6 is 15.9 Å². The Hall–Kier alpha value is -2.39. The lowest BCUT2D eigenvalue weighted by atomic mass is 10.0. The third kappa shape index (κ3) is 10.9. The molecule has 3 rings (SSSR count). The van der Waals surface area contributed by atoms with Crippen molar-refractivity contribution in [3.05, 3.63) is 48.5 Å². The number of nitrogens with zero attached hydrogens (tertiary/aromatic N) is 2. The molecular formula is C34H50BrN3O4S. The van der Waals surface area contributed by atoms with Crippen molar-refractivity contribution < 1.29 is 17.9 Å². The molecule has 1 heterocycles. The van der Waals surface area contributed by atoms with Crippen molar-refractivity contribution in [2.75, 3.05) is 19.0 Å². The summed E-state index contributed by atoms with van der Waals surface area (Å²) in [5.41, 5.74) is 0.846. The molecule has 0 bridgehead atoms. The second-order valence-electron chi connectivity index (χ2n) is 11.4. The molecule has 1 atom stereocenters. The maximum absolute atomic E-state index is 13.7. The highest BCUT2D eigenvalue weighted by Crippen LogP contribution is 2.34. The van der Waals surface area contributed by atoms with E-state index < -0.39 is 20.8 Å². The van der Waals surface area contributed by atoms with E-state index in [1.165, 1.54) is 88.5 Å². The van der Waals surface area contributed by atoms with E-state index in [2.05, 4.69) is 33.2 Å². The Morgan fingerprint density at radius 1 is 0.814 bits per heavy atom. The van der Waals surface area contributed by atoms with Gasteiger partial charge in [-0.3, -0.25) is 9.10 Å². The molecule has 0 aromatic heterocycles. The number of alkyl halides is 1. The highest BCUT2D eigenvalue weighted by atomic mass is 79.9. The van der Waals surface area contributed by atoms with Crippen LogP contribution < -0.4 is 10.1 Å². The number of carbonyl (C=O) groups excluding carboxylic acids is 1. The van der Waals surface area contributed by atoms with Gasteiger partial charge in [0.2, 0.25) is 5.91 Å². The first kappa shape index (κ1) is 35.1. The highest BCUT2D eigenvalue weighted by molar-refractivity contribution is 9.10. The molecule has 2 aromatic rings. The van der Waals surface area contributed by atoms with Crippen molar-refractivity contribution in [3.63, 3.8) is 0 Å². The third-order valence-electron chi connectivity index (χ3n) is 7.96. The largest absolute Gasteiger partial charge is 0.495 e. The summed E-state index contributed by atoms with van der Waals surface area (Å²) < 4.78 is 34.0. The smallest absolute Gasteiger partial charge is 0.267 e. The zero-order valence-corrected chi connectivity index (χ0v) is 28.4. The number of aliphatic imine (C=N–C) groups is 1. The zero-order chi connectivity index (χ0) is 30.9. The highest BCUT2D eigenvalue weighted by Gasteiger charge is 2.38. The summed E-state index contributed by atoms with van der Waals surface area (Å²) in [7, 11) is -2.32. The number of hydrogen-bond acceptors (Lipinski definition) is 5. The van der Waals surface area contributed by atoms with Crippen LogP contribution in [0.2, 0.25) is 0 Å². The topological polar surface area (TPSA) is 88.1 Å². The molecule has 7 nitrogen and oxygen atoms in total. The molecule has 1 aliphatic rings. The Bertz CT molecular complexity index is 1270. The summed E-state index contributed by atoms with van der Waals surface area (Å²) in [6.07, 6.45) is 20.0. The number of rotatable bonds is 21. The van der Waals surface area contributed by atoms with E-state index in [1.807, 2.05) is 6.07 Å². The van der Waals surface area contributed by atoms with Crippen molar-refractivity contribution in [1.29, 1.82) is 0 Å². The Kier molecular flexibility index (Phi) is 15.6. The van der Waals surface area contributed by atoms with Gasteiger partial charge in [-0.1, -0.05) is 143 Å². The third-order valence-corrected chi connectivity index (χ3v) is 10.6. The number of hydrogen-bond donors (Lipinski definition) is 1. The Morgan fingerprint density at radius 2 is 1.33 bits per heavy atom. The number of para-hydroxylation sites is 3. The number of sulfonamides is 1. The SMILES string of the molecule is CCCCCCCCCCCCCCCCCCN1C(C(Br)C(=O)Nc2ccccc2OC)=Nc2ccccc2S1(=O)=O. The van der Waals surface area contributed by atoms with Crippen LogP contribution in [0.25, 0.3) is 0 Å². The molecule has 0 radical (unpaired) electrons. The minimum atomic E-state index is -3.85. The number of amidine groups is 1. The molecule has 0 spiro atoms. The van der Waals surface area contributed by atoms with E-state index in [-0.39, 0.29) is 17.3 Å². The van der Waals surface area contributed by atoms with Crippen LogP contribution in [0, 0.1) is 0 Å². The lowest BCUT2D eigenvalue weighted by molar-refractivity contribution is -0.114. The van der Waals surface area contributed by atoms with Crippen molar-refractivity contribution in [1.82, 2.24) is 4.31 Å². The van der Waals surface area contributed by atoms with Gasteiger partial charge in [0.05, 0.1) is 18.5 Å². The summed E-state index contributed by atoms with van der Waals surface area (Å²) in [6, 6.07) is 13.8. The summed E-state index contributed by atoms with van der Waals surface area (Å²) in [6.45, 7) is 2.54. The van der Waals surface area contributed by atoms with Crippen LogP contribution in [0.5, 0.6) is 5.75 Å². The normalized spacial score (nSPS) is 14.6. The zero-order valence-electron chi connectivity index (χ0n) is 26.0. The quantitative estimate of drug-likeness (QED) is 0.105. The van der Waals surface area contributed by atoms with Gasteiger partial charge in [-0.15, -0.1) is 0 Å². The molecule has 0 saturated carbocycles. The van der Waals surface area contributed by atoms with Crippen molar-refractivity contribution in [3.8, 4) is 5.75 Å². The van der Waals surface area contributed by atoms with Gasteiger partial charge in [-0.25, -0.2) is 13.4 Å². The van der Waals surface area contributed by atoms with Crippen molar-refractivity contribution >= 4 is 49.1 Å². The van der Waals surface area contributed by atoms with Crippen LogP contribution in [-0.2, 0) is 14.8 Å². The molecule has 1 N–H and O–H groups in total. The first-order chi connectivity index (χ1) is 20.9. The van der Waals surface area contributed by atoms with Gasteiger partial charge >= 0.3 is 0 Å². The van der Waals surface area contributed by atoms with Gasteiger partial charge in [-0.05, 0) is 30.7 Å². The fraction of sp³-hybridized carbons (Fsp3) is 0.588. The predicted octanol–water partition coefficient (Wildman–Crippen LogP) is 9.39. The number of halogens is 1. The number of unbranched alkanes of at least 4 members (excludes halogenated alkanes) is 15. The van der Waals surface area contributed by atoms with E-state index in [1.54, 1.807) is 42.5 Å². The standard InChI is InChI=1S/C34H50BrN3O4S/c1-3-4-5-6-7-8-9-10-11-12-13-14-15-16-17-22-27-38-33(36-29-24-19-21-26-31(29)43(38,40)41)32(35)34(39)37-28-23-18-20-25-30(28)42-2/h18-21,23-26,32H,3-17,22,27H2,1-2H3,(H,37,39). The molecule has 1 unspecified atom stereocenters. The lowest BCUT2D eigenvalue weighted by Gasteiger charge is -2.31. The minimum absolute atomic E-state index is 0.167. The monoisotopic (exact) mass is 675 g/mol. The van der Waals surface area contributed by atoms with E-state index >= 15 is 0 Å². The lowest BCUT2D eigenvalue weighted by Crippen LogP contribution is -2.47. The van der Waals surface area contributed by atoms with Gasteiger partial charge in [0.1, 0.15) is 16.5 Å². The second kappa shape index (κ2) is 19.1. The molecule has 1 amide bonds. The van der Waals surface area contributed by atoms with Crippen LogP contribution in [0.3, 0.4) is 0 Å². The number of methoxy groups -OCH3 is 1. The molecule has 43 heavy (non-hydrogen) atoms. The fourth-order valence-electron chi connectivity index (χ4n) is 5.47. The molecule has 0 fully saturated rings. The average Bonchev–Trinajstić information content (AvgIpc) is 3.01. The second-order valence-corrected chi connectivity index (χ2v) is 14.1. The first-order valence-electron chi connectivity index (χ1n) is 16.2. The van der Waals surface area contributed by atoms with E-state index in [0.29, 0.717) is 23.5 Å². The molecule has 0 saturated heterocycles. The number of fused-ring (bicyclic) bond motifs is 1. The molecule has 0 aliphatic carbocycles. The molecular weight excluding hydrogens is 626 g/mol. The number of anilines is 1. The van der Waals surface area contributed by atoms with E-state index in [4.69, 9.17) is 4.74 Å².